The van der Waals surface area contributed by atoms with Gasteiger partial charge in [-0.2, -0.15) is 0 Å². The van der Waals surface area contributed by atoms with Crippen molar-refractivity contribution in [2.24, 2.45) is 17.8 Å². The molecule has 0 amide bonds. The van der Waals surface area contributed by atoms with Crippen molar-refractivity contribution < 1.29 is 13.9 Å². The number of fused-ring (bicyclic) bond motifs is 2. The van der Waals surface area contributed by atoms with E-state index in [2.05, 4.69) is 17.5 Å². The lowest BCUT2D eigenvalue weighted by Crippen LogP contribution is -2.19. The van der Waals surface area contributed by atoms with Gasteiger partial charge in [0.05, 0.1) is 12.7 Å². The Morgan fingerprint density at radius 3 is 2.90 bits per heavy atom. The minimum absolute atomic E-state index is 0.256. The summed E-state index contributed by atoms with van der Waals surface area (Å²) in [7, 11) is 1.30. The number of rotatable bonds is 4. The molecule has 1 fully saturated rings. The summed E-state index contributed by atoms with van der Waals surface area (Å²) >= 11 is 0. The third-order valence-electron chi connectivity index (χ3n) is 4.36. The van der Waals surface area contributed by atoms with E-state index in [0.29, 0.717) is 17.5 Å². The van der Waals surface area contributed by atoms with E-state index < -0.39 is 11.8 Å². The molecule has 1 saturated carbocycles. The Hall–Kier alpha value is -1.84. The fourth-order valence-corrected chi connectivity index (χ4v) is 3.32. The molecule has 4 heteroatoms. The predicted octanol–water partition coefficient (Wildman–Crippen LogP) is 3.24. The second-order valence-corrected chi connectivity index (χ2v) is 5.60. The number of carbonyl (C=O) groups is 1. The van der Waals surface area contributed by atoms with Crippen molar-refractivity contribution in [2.75, 3.05) is 19.0 Å². The zero-order valence-corrected chi connectivity index (χ0v) is 11.4. The van der Waals surface area contributed by atoms with Gasteiger partial charge in [-0.15, -0.1) is 0 Å². The smallest absolute Gasteiger partial charge is 0.340 e. The Morgan fingerprint density at radius 2 is 2.25 bits per heavy atom. The molecule has 0 heterocycles. The monoisotopic (exact) mass is 275 g/mol. The maximum Gasteiger partial charge on any atom is 0.340 e. The first-order valence-corrected chi connectivity index (χ1v) is 6.97. The number of benzene rings is 1. The molecule has 1 aromatic carbocycles. The number of carbonyl (C=O) groups excluding carboxylic acids is 1. The maximum absolute atomic E-state index is 13.3. The molecule has 1 aromatic rings. The summed E-state index contributed by atoms with van der Waals surface area (Å²) in [5, 5.41) is 3.28. The standard InChI is InChI=1S/C16H18FNO2/c1-20-16(19)14-8-13(17)4-5-15(14)18-9-12-7-10-2-3-11(12)6-10/h2-5,8,10-12,18H,6-7,9H2,1H3. The fraction of sp³-hybridized carbons (Fsp3) is 0.438. The van der Waals surface area contributed by atoms with Gasteiger partial charge in [-0.1, -0.05) is 12.2 Å². The molecule has 2 bridgehead atoms. The van der Waals surface area contributed by atoms with E-state index in [1.807, 2.05) is 0 Å². The zero-order valence-electron chi connectivity index (χ0n) is 11.4. The van der Waals surface area contributed by atoms with Crippen LogP contribution in [0.2, 0.25) is 0 Å². The summed E-state index contributed by atoms with van der Waals surface area (Å²) in [6, 6.07) is 4.18. The zero-order chi connectivity index (χ0) is 14.1. The predicted molar refractivity (Wildman–Crippen MR) is 75.1 cm³/mol. The number of esters is 1. The number of ether oxygens (including phenoxy) is 1. The molecule has 20 heavy (non-hydrogen) atoms. The SMILES string of the molecule is COC(=O)c1cc(F)ccc1NCC1CC2C=CC1C2. The van der Waals surface area contributed by atoms with Crippen LogP contribution in [0.1, 0.15) is 23.2 Å². The average Bonchev–Trinajstić information content (AvgIpc) is 3.07. The third-order valence-corrected chi connectivity index (χ3v) is 4.36. The Balaban J connectivity index is 1.71. The molecule has 106 valence electrons. The van der Waals surface area contributed by atoms with Gasteiger partial charge in [0.25, 0.3) is 0 Å². The molecule has 3 unspecified atom stereocenters. The Labute approximate surface area is 117 Å². The van der Waals surface area contributed by atoms with Gasteiger partial charge >= 0.3 is 5.97 Å². The van der Waals surface area contributed by atoms with Gasteiger partial charge in [-0.25, -0.2) is 9.18 Å². The summed E-state index contributed by atoms with van der Waals surface area (Å²) in [5.74, 6) is 1.02. The molecule has 1 N–H and O–H groups in total. The van der Waals surface area contributed by atoms with Crippen LogP contribution < -0.4 is 5.32 Å². The number of hydrogen-bond donors (Lipinski definition) is 1. The summed E-state index contributed by atoms with van der Waals surface area (Å²) in [4.78, 5) is 11.7. The third kappa shape index (κ3) is 2.42. The number of nitrogens with one attached hydrogen (secondary N) is 1. The normalized spacial score (nSPS) is 26.8. The van der Waals surface area contributed by atoms with E-state index >= 15 is 0 Å². The molecule has 0 saturated heterocycles. The van der Waals surface area contributed by atoms with Gasteiger partial charge in [0, 0.05) is 12.2 Å². The number of hydrogen-bond acceptors (Lipinski definition) is 3. The molecule has 2 aliphatic carbocycles. The van der Waals surface area contributed by atoms with Gasteiger partial charge in [0.2, 0.25) is 0 Å². The Kier molecular flexibility index (Phi) is 3.47. The van der Waals surface area contributed by atoms with E-state index in [9.17, 15) is 9.18 Å². The van der Waals surface area contributed by atoms with Crippen LogP contribution >= 0.6 is 0 Å². The molecule has 0 aromatic heterocycles. The quantitative estimate of drug-likeness (QED) is 0.677. The molecule has 0 radical (unpaired) electrons. The summed E-state index contributed by atoms with van der Waals surface area (Å²) in [6.45, 7) is 0.807. The molecule has 3 nitrogen and oxygen atoms in total. The van der Waals surface area contributed by atoms with Crippen LogP contribution in [-0.2, 0) is 4.74 Å². The topological polar surface area (TPSA) is 38.3 Å². The van der Waals surface area contributed by atoms with Crippen LogP contribution in [0.4, 0.5) is 10.1 Å². The number of anilines is 1. The van der Waals surface area contributed by atoms with Crippen LogP contribution in [0, 0.1) is 23.6 Å². The van der Waals surface area contributed by atoms with Gasteiger partial charge in [0.15, 0.2) is 0 Å². The first kappa shape index (κ1) is 13.2. The van der Waals surface area contributed by atoms with Crippen molar-refractivity contribution in [1.82, 2.24) is 0 Å². The van der Waals surface area contributed by atoms with Crippen molar-refractivity contribution in [3.8, 4) is 0 Å². The van der Waals surface area contributed by atoms with Gasteiger partial charge < -0.3 is 10.1 Å². The van der Waals surface area contributed by atoms with E-state index in [0.717, 1.165) is 12.5 Å². The minimum atomic E-state index is -0.514. The van der Waals surface area contributed by atoms with Gasteiger partial charge in [-0.3, -0.25) is 0 Å². The van der Waals surface area contributed by atoms with E-state index in [1.165, 1.54) is 32.1 Å². The summed E-state index contributed by atoms with van der Waals surface area (Å²) in [5.41, 5.74) is 0.899. The van der Waals surface area contributed by atoms with Crippen LogP contribution in [-0.4, -0.2) is 19.6 Å². The highest BCUT2D eigenvalue weighted by atomic mass is 19.1. The molecule has 3 atom stereocenters. The lowest BCUT2D eigenvalue weighted by Gasteiger charge is -2.20. The number of methoxy groups -OCH3 is 1. The highest BCUT2D eigenvalue weighted by Crippen LogP contribution is 2.43. The molecule has 3 rings (SSSR count). The van der Waals surface area contributed by atoms with Crippen molar-refractivity contribution in [3.05, 3.63) is 41.7 Å². The molecular formula is C16H18FNO2. The van der Waals surface area contributed by atoms with Crippen molar-refractivity contribution in [3.63, 3.8) is 0 Å². The number of halogens is 1. The lowest BCUT2D eigenvalue weighted by molar-refractivity contribution is 0.0601. The Bertz CT molecular complexity index is 555. The highest BCUT2D eigenvalue weighted by Gasteiger charge is 2.35. The van der Waals surface area contributed by atoms with E-state index in [-0.39, 0.29) is 5.56 Å². The molecule has 0 aliphatic heterocycles. The van der Waals surface area contributed by atoms with Gasteiger partial charge in [-0.05, 0) is 48.8 Å². The molecule has 2 aliphatic rings. The fourth-order valence-electron chi connectivity index (χ4n) is 3.32. The maximum atomic E-state index is 13.3. The van der Waals surface area contributed by atoms with Gasteiger partial charge in [0.1, 0.15) is 5.82 Å². The second kappa shape index (κ2) is 5.27. The summed E-state index contributed by atoms with van der Waals surface area (Å²) < 4.78 is 18.0. The van der Waals surface area contributed by atoms with Crippen LogP contribution in [0.15, 0.2) is 30.4 Å². The van der Waals surface area contributed by atoms with Crippen molar-refractivity contribution in [2.45, 2.75) is 12.8 Å². The minimum Gasteiger partial charge on any atom is -0.465 e. The van der Waals surface area contributed by atoms with Crippen LogP contribution in [0.3, 0.4) is 0 Å². The first-order valence-electron chi connectivity index (χ1n) is 6.97. The second-order valence-electron chi connectivity index (χ2n) is 5.60. The van der Waals surface area contributed by atoms with Crippen LogP contribution in [0.5, 0.6) is 0 Å². The van der Waals surface area contributed by atoms with Crippen molar-refractivity contribution in [1.29, 1.82) is 0 Å². The first-order chi connectivity index (χ1) is 9.67. The molecule has 0 spiro atoms. The summed E-state index contributed by atoms with van der Waals surface area (Å²) in [6.07, 6.45) is 7.05. The lowest BCUT2D eigenvalue weighted by atomic mass is 9.93. The number of allylic oxidation sites excluding steroid dienone is 2. The van der Waals surface area contributed by atoms with E-state index in [1.54, 1.807) is 6.07 Å². The highest BCUT2D eigenvalue weighted by molar-refractivity contribution is 5.95. The van der Waals surface area contributed by atoms with Crippen molar-refractivity contribution >= 4 is 11.7 Å². The molecular weight excluding hydrogens is 257 g/mol. The average molecular weight is 275 g/mol. The largest absolute Gasteiger partial charge is 0.465 e. The van der Waals surface area contributed by atoms with Crippen LogP contribution in [0.25, 0.3) is 0 Å². The Morgan fingerprint density at radius 1 is 1.40 bits per heavy atom. The van der Waals surface area contributed by atoms with E-state index in [4.69, 9.17) is 4.74 Å².